The van der Waals surface area contributed by atoms with Gasteiger partial charge in [-0.25, -0.2) is 8.42 Å². The number of aromatic nitrogens is 4. The zero-order chi connectivity index (χ0) is 18.7. The highest BCUT2D eigenvalue weighted by Gasteiger charge is 2.16. The van der Waals surface area contributed by atoms with Crippen molar-refractivity contribution in [2.45, 2.75) is 4.90 Å². The monoisotopic (exact) mass is 412 g/mol. The third-order valence-corrected chi connectivity index (χ3v) is 4.97. The molecule has 0 bridgehead atoms. The van der Waals surface area contributed by atoms with E-state index in [-0.39, 0.29) is 26.6 Å². The van der Waals surface area contributed by atoms with Crippen molar-refractivity contribution in [2.24, 2.45) is 0 Å². The molecule has 12 heteroatoms. The highest BCUT2D eigenvalue weighted by molar-refractivity contribution is 7.92. The molecule has 0 aliphatic heterocycles. The maximum absolute atomic E-state index is 12.3. The van der Waals surface area contributed by atoms with E-state index in [2.05, 4.69) is 30.4 Å². The van der Waals surface area contributed by atoms with E-state index in [9.17, 15) is 13.2 Å². The quantitative estimate of drug-likeness (QED) is 0.590. The summed E-state index contributed by atoms with van der Waals surface area (Å²) >= 11 is 11.4. The molecule has 26 heavy (non-hydrogen) atoms. The van der Waals surface area contributed by atoms with Crippen molar-refractivity contribution in [3.05, 3.63) is 58.5 Å². The van der Waals surface area contributed by atoms with Crippen LogP contribution in [0.2, 0.25) is 10.2 Å². The van der Waals surface area contributed by atoms with Crippen molar-refractivity contribution in [1.82, 2.24) is 20.4 Å². The first-order valence-corrected chi connectivity index (χ1v) is 9.21. The Labute approximate surface area is 157 Å². The van der Waals surface area contributed by atoms with Gasteiger partial charge in [0.1, 0.15) is 5.69 Å². The van der Waals surface area contributed by atoms with Crippen LogP contribution in [0.15, 0.2) is 47.5 Å². The maximum Gasteiger partial charge on any atom is 0.275 e. The maximum atomic E-state index is 12.3. The Morgan fingerprint density at radius 3 is 2.35 bits per heavy atom. The molecule has 0 aliphatic carbocycles. The molecule has 0 spiro atoms. The fourth-order valence-electron chi connectivity index (χ4n) is 1.91. The number of hydrogen-bond acceptors (Lipinski definition) is 6. The average molecular weight is 413 g/mol. The lowest BCUT2D eigenvalue weighted by atomic mass is 10.3. The third kappa shape index (κ3) is 4.10. The van der Waals surface area contributed by atoms with Crippen molar-refractivity contribution in [3.63, 3.8) is 0 Å². The van der Waals surface area contributed by atoms with Crippen LogP contribution in [-0.4, -0.2) is 34.7 Å². The predicted octanol–water partition coefficient (Wildman–Crippen LogP) is 2.56. The van der Waals surface area contributed by atoms with E-state index in [0.29, 0.717) is 5.69 Å². The van der Waals surface area contributed by atoms with Gasteiger partial charge in [0.05, 0.1) is 16.1 Å². The fraction of sp³-hybridized carbons (Fsp3) is 0. The number of carbonyl (C=O) groups is 1. The molecule has 3 N–H and O–H groups in total. The molecule has 9 nitrogen and oxygen atoms in total. The lowest BCUT2D eigenvalue weighted by molar-refractivity contribution is 0.102. The summed E-state index contributed by atoms with van der Waals surface area (Å²) in [4.78, 5) is 12.0. The van der Waals surface area contributed by atoms with Gasteiger partial charge in [-0.2, -0.15) is 5.10 Å². The van der Waals surface area contributed by atoms with Gasteiger partial charge in [0, 0.05) is 5.69 Å². The molecular weight excluding hydrogens is 403 g/mol. The summed E-state index contributed by atoms with van der Waals surface area (Å²) in [7, 11) is -3.87. The van der Waals surface area contributed by atoms with Gasteiger partial charge in [-0.05, 0) is 36.4 Å². The molecule has 2 aromatic heterocycles. The normalized spacial score (nSPS) is 11.2. The van der Waals surface area contributed by atoms with Crippen LogP contribution in [0.25, 0.3) is 0 Å². The van der Waals surface area contributed by atoms with Crippen molar-refractivity contribution < 1.29 is 13.2 Å². The molecule has 0 unspecified atom stereocenters. The number of amides is 1. The Bertz CT molecular complexity index is 1040. The zero-order valence-corrected chi connectivity index (χ0v) is 15.1. The van der Waals surface area contributed by atoms with Gasteiger partial charge in [-0.15, -0.1) is 10.2 Å². The third-order valence-electron chi connectivity index (χ3n) is 3.11. The zero-order valence-electron chi connectivity index (χ0n) is 12.8. The van der Waals surface area contributed by atoms with Gasteiger partial charge in [0.2, 0.25) is 0 Å². The SMILES string of the molecule is O=C(Nc1ccc(S(=O)(=O)Nc2ccc(Cl)nn2)cc1)c1[nH]ncc1Cl. The molecule has 0 radical (unpaired) electrons. The minimum atomic E-state index is -3.87. The molecule has 1 aromatic carbocycles. The summed E-state index contributed by atoms with van der Waals surface area (Å²) in [5, 5.41) is 16.2. The molecule has 0 aliphatic rings. The summed E-state index contributed by atoms with van der Waals surface area (Å²) in [6, 6.07) is 8.32. The van der Waals surface area contributed by atoms with Crippen LogP contribution in [0, 0.1) is 0 Å². The summed E-state index contributed by atoms with van der Waals surface area (Å²) < 4.78 is 26.9. The van der Waals surface area contributed by atoms with Crippen molar-refractivity contribution in [1.29, 1.82) is 0 Å². The number of H-pyrrole nitrogens is 1. The number of benzene rings is 1. The molecule has 3 rings (SSSR count). The van der Waals surface area contributed by atoms with E-state index in [1.54, 1.807) is 0 Å². The molecule has 0 saturated heterocycles. The average Bonchev–Trinajstić information content (AvgIpc) is 3.03. The Morgan fingerprint density at radius 1 is 1.04 bits per heavy atom. The number of rotatable bonds is 5. The number of carbonyl (C=O) groups excluding carboxylic acids is 1. The van der Waals surface area contributed by atoms with Crippen LogP contribution in [0.3, 0.4) is 0 Å². The smallest absolute Gasteiger partial charge is 0.275 e. The molecule has 2 heterocycles. The minimum absolute atomic E-state index is 0.0215. The number of halogens is 2. The van der Waals surface area contributed by atoms with E-state index < -0.39 is 15.9 Å². The Morgan fingerprint density at radius 2 is 1.77 bits per heavy atom. The molecule has 0 atom stereocenters. The summed E-state index contributed by atoms with van der Waals surface area (Å²) in [5.74, 6) is -0.474. The van der Waals surface area contributed by atoms with E-state index in [1.165, 1.54) is 42.6 Å². The lowest BCUT2D eigenvalue weighted by Gasteiger charge is -2.08. The van der Waals surface area contributed by atoms with Crippen LogP contribution >= 0.6 is 23.2 Å². The highest BCUT2D eigenvalue weighted by Crippen LogP contribution is 2.19. The largest absolute Gasteiger partial charge is 0.321 e. The van der Waals surface area contributed by atoms with Crippen LogP contribution in [-0.2, 0) is 10.0 Å². The number of sulfonamides is 1. The Balaban J connectivity index is 1.73. The standard InChI is InChI=1S/C14H10Cl2N6O3S/c15-10-7-17-21-13(10)14(23)18-8-1-3-9(4-2-8)26(24,25)22-12-6-5-11(16)19-20-12/h1-7H,(H,17,21)(H,18,23)(H,20,22). The highest BCUT2D eigenvalue weighted by atomic mass is 35.5. The predicted molar refractivity (Wildman–Crippen MR) is 95.8 cm³/mol. The van der Waals surface area contributed by atoms with Gasteiger partial charge >= 0.3 is 0 Å². The number of aromatic amines is 1. The van der Waals surface area contributed by atoms with Crippen molar-refractivity contribution in [2.75, 3.05) is 10.0 Å². The van der Waals surface area contributed by atoms with Gasteiger partial charge in [0.15, 0.2) is 11.0 Å². The van der Waals surface area contributed by atoms with Gasteiger partial charge in [-0.3, -0.25) is 14.6 Å². The fourth-order valence-corrected chi connectivity index (χ4v) is 3.18. The Hall–Kier alpha value is -2.69. The van der Waals surface area contributed by atoms with Crippen molar-refractivity contribution >= 4 is 50.6 Å². The topological polar surface area (TPSA) is 130 Å². The molecule has 134 valence electrons. The molecule has 0 saturated carbocycles. The second-order valence-corrected chi connectivity index (χ2v) is 7.40. The van der Waals surface area contributed by atoms with E-state index >= 15 is 0 Å². The van der Waals surface area contributed by atoms with E-state index in [1.807, 2.05) is 0 Å². The second-order valence-electron chi connectivity index (χ2n) is 4.92. The van der Waals surface area contributed by atoms with E-state index in [0.717, 1.165) is 0 Å². The number of nitrogens with one attached hydrogen (secondary N) is 3. The molecular formula is C14H10Cl2N6O3S. The van der Waals surface area contributed by atoms with Crippen LogP contribution < -0.4 is 10.0 Å². The van der Waals surface area contributed by atoms with Crippen LogP contribution in [0.5, 0.6) is 0 Å². The number of anilines is 2. The molecule has 1 amide bonds. The number of hydrogen-bond donors (Lipinski definition) is 3. The van der Waals surface area contributed by atoms with E-state index in [4.69, 9.17) is 23.2 Å². The first-order chi connectivity index (χ1) is 12.3. The lowest BCUT2D eigenvalue weighted by Crippen LogP contribution is -2.15. The first kappa shape index (κ1) is 18.1. The summed E-state index contributed by atoms with van der Waals surface area (Å²) in [6.45, 7) is 0. The summed E-state index contributed by atoms with van der Waals surface area (Å²) in [6.07, 6.45) is 1.30. The first-order valence-electron chi connectivity index (χ1n) is 6.97. The van der Waals surface area contributed by atoms with Gasteiger partial charge < -0.3 is 5.32 Å². The van der Waals surface area contributed by atoms with Crippen LogP contribution in [0.1, 0.15) is 10.5 Å². The van der Waals surface area contributed by atoms with Crippen LogP contribution in [0.4, 0.5) is 11.5 Å². The van der Waals surface area contributed by atoms with Crippen molar-refractivity contribution in [3.8, 4) is 0 Å². The number of nitrogens with zero attached hydrogens (tertiary/aromatic N) is 3. The molecule has 3 aromatic rings. The Kier molecular flexibility index (Phi) is 5.07. The second kappa shape index (κ2) is 7.28. The van der Waals surface area contributed by atoms with Gasteiger partial charge in [-0.1, -0.05) is 23.2 Å². The van der Waals surface area contributed by atoms with Gasteiger partial charge in [0.25, 0.3) is 15.9 Å². The minimum Gasteiger partial charge on any atom is -0.321 e. The summed E-state index contributed by atoms with van der Waals surface area (Å²) in [5.41, 5.74) is 0.484. The molecule has 0 fully saturated rings.